The van der Waals surface area contributed by atoms with Crippen molar-refractivity contribution in [3.05, 3.63) is 46.1 Å². The van der Waals surface area contributed by atoms with E-state index in [1.165, 1.54) is 15.7 Å². The summed E-state index contributed by atoms with van der Waals surface area (Å²) in [4.78, 5) is 4.47. The Morgan fingerprint density at radius 2 is 2.00 bits per heavy atom. The zero-order valence-electron chi connectivity index (χ0n) is 10.9. The van der Waals surface area contributed by atoms with Gasteiger partial charge < -0.3 is 9.64 Å². The standard InChI is InChI=1S/C14H19BrN2O/c1-12-8-17(10-16(2)14(12)15)11-18-9-13-6-4-3-5-7-13/h3-7H,8-11H2,1-2H3. The largest absolute Gasteiger partial charge is 0.361 e. The molecule has 0 spiro atoms. The Labute approximate surface area is 117 Å². The monoisotopic (exact) mass is 310 g/mol. The lowest BCUT2D eigenvalue weighted by molar-refractivity contribution is 0.000569. The molecule has 0 fully saturated rings. The molecule has 0 saturated carbocycles. The lowest BCUT2D eigenvalue weighted by atomic mass is 10.2. The van der Waals surface area contributed by atoms with Gasteiger partial charge in [-0.2, -0.15) is 0 Å². The first-order chi connectivity index (χ1) is 8.66. The number of benzene rings is 1. The smallest absolute Gasteiger partial charge is 0.101 e. The van der Waals surface area contributed by atoms with Crippen molar-refractivity contribution in [2.24, 2.45) is 0 Å². The minimum atomic E-state index is 0.664. The van der Waals surface area contributed by atoms with E-state index in [1.807, 2.05) is 18.2 Å². The molecule has 18 heavy (non-hydrogen) atoms. The van der Waals surface area contributed by atoms with Gasteiger partial charge in [0, 0.05) is 13.6 Å². The second kappa shape index (κ2) is 6.36. The van der Waals surface area contributed by atoms with Crippen LogP contribution in [0.1, 0.15) is 12.5 Å². The minimum Gasteiger partial charge on any atom is -0.361 e. The van der Waals surface area contributed by atoms with Gasteiger partial charge >= 0.3 is 0 Å². The van der Waals surface area contributed by atoms with Crippen LogP contribution in [0.15, 0.2) is 40.5 Å². The molecular weight excluding hydrogens is 292 g/mol. The fourth-order valence-electron chi connectivity index (χ4n) is 2.09. The molecule has 0 bridgehead atoms. The van der Waals surface area contributed by atoms with Crippen LogP contribution in [0.3, 0.4) is 0 Å². The van der Waals surface area contributed by atoms with Crippen LogP contribution in [0.5, 0.6) is 0 Å². The van der Waals surface area contributed by atoms with Crippen LogP contribution >= 0.6 is 15.9 Å². The molecule has 0 aliphatic carbocycles. The molecule has 3 nitrogen and oxygen atoms in total. The summed E-state index contributed by atoms with van der Waals surface area (Å²) in [6, 6.07) is 10.3. The van der Waals surface area contributed by atoms with E-state index in [-0.39, 0.29) is 0 Å². The minimum absolute atomic E-state index is 0.664. The van der Waals surface area contributed by atoms with E-state index < -0.39 is 0 Å². The number of hydrogen-bond donors (Lipinski definition) is 0. The summed E-state index contributed by atoms with van der Waals surface area (Å²) in [6.07, 6.45) is 0. The molecule has 0 unspecified atom stereocenters. The van der Waals surface area contributed by atoms with E-state index in [2.05, 4.69) is 51.8 Å². The van der Waals surface area contributed by atoms with Gasteiger partial charge in [-0.25, -0.2) is 0 Å². The first-order valence-corrected chi connectivity index (χ1v) is 6.86. The second-order valence-electron chi connectivity index (χ2n) is 4.70. The van der Waals surface area contributed by atoms with Crippen LogP contribution < -0.4 is 0 Å². The maximum Gasteiger partial charge on any atom is 0.101 e. The molecule has 0 aromatic heterocycles. The molecule has 0 saturated heterocycles. The van der Waals surface area contributed by atoms with Crippen molar-refractivity contribution in [2.75, 3.05) is 27.0 Å². The van der Waals surface area contributed by atoms with Gasteiger partial charge in [0.05, 0.1) is 17.9 Å². The van der Waals surface area contributed by atoms with Crippen molar-refractivity contribution in [3.8, 4) is 0 Å². The quantitative estimate of drug-likeness (QED) is 0.795. The molecule has 1 aliphatic heterocycles. The third kappa shape index (κ3) is 3.57. The SMILES string of the molecule is CC1=C(Br)N(C)CN(COCc2ccccc2)C1. The maximum absolute atomic E-state index is 5.75. The summed E-state index contributed by atoms with van der Waals surface area (Å²) < 4.78 is 6.95. The number of nitrogens with zero attached hydrogens (tertiary/aromatic N) is 2. The van der Waals surface area contributed by atoms with E-state index in [1.54, 1.807) is 0 Å². The Balaban J connectivity index is 1.79. The van der Waals surface area contributed by atoms with Crippen molar-refractivity contribution in [2.45, 2.75) is 13.5 Å². The predicted octanol–water partition coefficient (Wildman–Crippen LogP) is 2.99. The van der Waals surface area contributed by atoms with Crippen LogP contribution in [0.4, 0.5) is 0 Å². The van der Waals surface area contributed by atoms with Crippen molar-refractivity contribution < 1.29 is 4.74 Å². The third-order valence-electron chi connectivity index (χ3n) is 2.95. The van der Waals surface area contributed by atoms with Crippen molar-refractivity contribution >= 4 is 15.9 Å². The van der Waals surface area contributed by atoms with Crippen LogP contribution in [0.2, 0.25) is 0 Å². The lowest BCUT2D eigenvalue weighted by Crippen LogP contribution is -2.41. The van der Waals surface area contributed by atoms with Gasteiger partial charge in [0.25, 0.3) is 0 Å². The zero-order chi connectivity index (χ0) is 13.0. The van der Waals surface area contributed by atoms with E-state index in [9.17, 15) is 0 Å². The highest BCUT2D eigenvalue weighted by Gasteiger charge is 2.18. The maximum atomic E-state index is 5.75. The van der Waals surface area contributed by atoms with Gasteiger partial charge in [-0.05, 0) is 34.0 Å². The van der Waals surface area contributed by atoms with Crippen LogP contribution in [0.25, 0.3) is 0 Å². The predicted molar refractivity (Wildman–Crippen MR) is 77.1 cm³/mol. The summed E-state index contributed by atoms with van der Waals surface area (Å²) in [7, 11) is 2.08. The molecule has 4 heteroatoms. The van der Waals surface area contributed by atoms with Gasteiger partial charge in [0.2, 0.25) is 0 Å². The summed E-state index contributed by atoms with van der Waals surface area (Å²) in [5.74, 6) is 0. The molecule has 0 N–H and O–H groups in total. The highest BCUT2D eigenvalue weighted by molar-refractivity contribution is 9.11. The summed E-state index contributed by atoms with van der Waals surface area (Å²) in [6.45, 7) is 5.33. The van der Waals surface area contributed by atoms with Crippen LogP contribution in [-0.2, 0) is 11.3 Å². The average Bonchev–Trinajstić information content (AvgIpc) is 2.37. The highest BCUT2D eigenvalue weighted by Crippen LogP contribution is 2.21. The second-order valence-corrected chi connectivity index (χ2v) is 5.45. The van der Waals surface area contributed by atoms with E-state index in [0.717, 1.165) is 13.2 Å². The van der Waals surface area contributed by atoms with Gasteiger partial charge in [-0.3, -0.25) is 4.90 Å². The number of rotatable bonds is 4. The normalized spacial score (nSPS) is 17.4. The van der Waals surface area contributed by atoms with Crippen molar-refractivity contribution in [3.63, 3.8) is 0 Å². The van der Waals surface area contributed by atoms with Crippen LogP contribution in [0, 0.1) is 0 Å². The molecule has 1 heterocycles. The van der Waals surface area contributed by atoms with Crippen LogP contribution in [-0.4, -0.2) is 36.8 Å². The number of hydrogen-bond acceptors (Lipinski definition) is 3. The Bertz CT molecular complexity index is 419. The zero-order valence-corrected chi connectivity index (χ0v) is 12.5. The molecule has 0 atom stereocenters. The average molecular weight is 311 g/mol. The molecule has 1 aromatic rings. The van der Waals surface area contributed by atoms with Crippen molar-refractivity contribution in [1.82, 2.24) is 9.80 Å². The summed E-state index contributed by atoms with van der Waals surface area (Å²) in [5, 5.41) is 0. The van der Waals surface area contributed by atoms with Gasteiger partial charge in [0.15, 0.2) is 0 Å². The van der Waals surface area contributed by atoms with Gasteiger partial charge in [-0.1, -0.05) is 30.3 Å². The Morgan fingerprint density at radius 1 is 1.28 bits per heavy atom. The highest BCUT2D eigenvalue weighted by atomic mass is 79.9. The summed E-state index contributed by atoms with van der Waals surface area (Å²) >= 11 is 3.59. The lowest BCUT2D eigenvalue weighted by Gasteiger charge is -2.34. The Hall–Kier alpha value is -0.840. The third-order valence-corrected chi connectivity index (χ3v) is 4.23. The van der Waals surface area contributed by atoms with E-state index >= 15 is 0 Å². The van der Waals surface area contributed by atoms with Crippen molar-refractivity contribution in [1.29, 1.82) is 0 Å². The fraction of sp³-hybridized carbons (Fsp3) is 0.429. The molecule has 0 radical (unpaired) electrons. The molecule has 1 aromatic carbocycles. The summed E-state index contributed by atoms with van der Waals surface area (Å²) in [5.41, 5.74) is 2.56. The molecule has 98 valence electrons. The molecule has 0 amide bonds. The fourth-order valence-corrected chi connectivity index (χ4v) is 2.33. The molecule has 2 rings (SSSR count). The topological polar surface area (TPSA) is 15.7 Å². The Morgan fingerprint density at radius 3 is 2.67 bits per heavy atom. The first-order valence-electron chi connectivity index (χ1n) is 6.07. The van der Waals surface area contributed by atoms with E-state index in [4.69, 9.17) is 4.74 Å². The van der Waals surface area contributed by atoms with Gasteiger partial charge in [0.1, 0.15) is 6.73 Å². The molecular formula is C14H19BrN2O. The Kier molecular flexibility index (Phi) is 4.80. The number of halogens is 1. The molecule has 1 aliphatic rings. The first kappa shape index (κ1) is 13.6. The number of ether oxygens (including phenoxy) is 1. The van der Waals surface area contributed by atoms with E-state index in [0.29, 0.717) is 13.3 Å². The van der Waals surface area contributed by atoms with Gasteiger partial charge in [-0.15, -0.1) is 0 Å².